The Kier molecular flexibility index (Phi) is 3.46. The van der Waals surface area contributed by atoms with Crippen LogP contribution in [0, 0.1) is 0 Å². The molecule has 1 aliphatic heterocycles. The summed E-state index contributed by atoms with van der Waals surface area (Å²) in [4.78, 5) is 10.9. The van der Waals surface area contributed by atoms with Gasteiger partial charge in [-0.3, -0.25) is 0 Å². The first-order valence-corrected chi connectivity index (χ1v) is 8.88. The molecule has 4 heterocycles. The van der Waals surface area contributed by atoms with Gasteiger partial charge in [-0.05, 0) is 43.9 Å². The molecule has 2 aliphatic rings. The van der Waals surface area contributed by atoms with Gasteiger partial charge in [0.1, 0.15) is 5.82 Å². The van der Waals surface area contributed by atoms with Crippen LogP contribution in [0.5, 0.6) is 0 Å². The molecule has 1 saturated carbocycles. The third kappa shape index (κ3) is 2.88. The van der Waals surface area contributed by atoms with Crippen molar-refractivity contribution in [3.63, 3.8) is 0 Å². The predicted molar refractivity (Wildman–Crippen MR) is 93.6 cm³/mol. The van der Waals surface area contributed by atoms with E-state index in [0.717, 1.165) is 43.2 Å². The van der Waals surface area contributed by atoms with E-state index in [1.807, 2.05) is 22.7 Å². The van der Waals surface area contributed by atoms with Crippen molar-refractivity contribution >= 4 is 17.4 Å². The van der Waals surface area contributed by atoms with Crippen molar-refractivity contribution in [1.82, 2.24) is 29.8 Å². The van der Waals surface area contributed by atoms with Crippen LogP contribution in [-0.4, -0.2) is 48.9 Å². The molecule has 1 unspecified atom stereocenters. The number of aromatic nitrogens is 6. The van der Waals surface area contributed by atoms with E-state index in [1.165, 1.54) is 12.8 Å². The Bertz CT molecular complexity index is 873. The van der Waals surface area contributed by atoms with Crippen LogP contribution >= 0.6 is 0 Å². The van der Waals surface area contributed by atoms with Gasteiger partial charge in [-0.2, -0.15) is 4.52 Å². The zero-order chi connectivity index (χ0) is 16.6. The van der Waals surface area contributed by atoms with Gasteiger partial charge in [0.05, 0.1) is 0 Å². The Morgan fingerprint density at radius 3 is 2.76 bits per heavy atom. The number of nitrogens with zero attached hydrogens (tertiary/aromatic N) is 7. The molecule has 8 heteroatoms. The molecule has 0 bridgehead atoms. The highest BCUT2D eigenvalue weighted by Crippen LogP contribution is 2.38. The van der Waals surface area contributed by atoms with Crippen LogP contribution in [0.15, 0.2) is 30.6 Å². The third-order valence-electron chi connectivity index (χ3n) is 4.86. The quantitative estimate of drug-likeness (QED) is 0.778. The summed E-state index contributed by atoms with van der Waals surface area (Å²) in [6.07, 6.45) is 8.13. The highest BCUT2D eigenvalue weighted by atomic mass is 15.4. The number of piperidine rings is 1. The first-order chi connectivity index (χ1) is 12.4. The molecule has 5 rings (SSSR count). The van der Waals surface area contributed by atoms with Crippen LogP contribution in [0.4, 0.5) is 11.8 Å². The van der Waals surface area contributed by atoms with Crippen LogP contribution < -0.4 is 10.2 Å². The van der Waals surface area contributed by atoms with Gasteiger partial charge in [0.2, 0.25) is 5.95 Å². The lowest BCUT2D eigenvalue weighted by atomic mass is 10.1. The Labute approximate surface area is 145 Å². The minimum Gasteiger partial charge on any atom is -0.353 e. The predicted octanol–water partition coefficient (Wildman–Crippen LogP) is 1.87. The molecule has 3 aromatic rings. The second-order valence-electron chi connectivity index (χ2n) is 6.80. The maximum Gasteiger partial charge on any atom is 0.222 e. The van der Waals surface area contributed by atoms with Gasteiger partial charge < -0.3 is 10.2 Å². The first-order valence-electron chi connectivity index (χ1n) is 8.88. The van der Waals surface area contributed by atoms with Gasteiger partial charge in [0.25, 0.3) is 0 Å². The van der Waals surface area contributed by atoms with E-state index in [1.54, 1.807) is 12.4 Å². The second-order valence-corrected chi connectivity index (χ2v) is 6.80. The summed E-state index contributed by atoms with van der Waals surface area (Å²) in [5, 5.41) is 16.8. The maximum absolute atomic E-state index is 4.82. The van der Waals surface area contributed by atoms with Crippen molar-refractivity contribution in [3.8, 4) is 0 Å². The molecule has 1 N–H and O–H groups in total. The summed E-state index contributed by atoms with van der Waals surface area (Å²) in [5.41, 5.74) is 0.829. The number of fused-ring (bicyclic) bond motifs is 1. The Morgan fingerprint density at radius 2 is 1.92 bits per heavy atom. The fourth-order valence-corrected chi connectivity index (χ4v) is 3.42. The SMILES string of the molecule is c1cnc(NC2CCCN(c3ccc4nnc(C5CC5)n4n3)C2)nc1. The second kappa shape index (κ2) is 5.94. The maximum atomic E-state index is 4.82. The number of anilines is 2. The summed E-state index contributed by atoms with van der Waals surface area (Å²) in [5.74, 6) is 3.20. The van der Waals surface area contributed by atoms with E-state index in [4.69, 9.17) is 5.10 Å². The number of hydrogen-bond donors (Lipinski definition) is 1. The molecule has 3 aromatic heterocycles. The largest absolute Gasteiger partial charge is 0.353 e. The number of rotatable bonds is 4. The first kappa shape index (κ1) is 14.6. The highest BCUT2D eigenvalue weighted by molar-refractivity contribution is 5.47. The van der Waals surface area contributed by atoms with Crippen LogP contribution in [0.2, 0.25) is 0 Å². The van der Waals surface area contributed by atoms with Crippen molar-refractivity contribution in [2.75, 3.05) is 23.3 Å². The summed E-state index contributed by atoms with van der Waals surface area (Å²) < 4.78 is 1.92. The lowest BCUT2D eigenvalue weighted by Gasteiger charge is -2.33. The van der Waals surface area contributed by atoms with Crippen molar-refractivity contribution in [2.45, 2.75) is 37.6 Å². The van der Waals surface area contributed by atoms with Gasteiger partial charge >= 0.3 is 0 Å². The van der Waals surface area contributed by atoms with Gasteiger partial charge in [0, 0.05) is 37.4 Å². The van der Waals surface area contributed by atoms with E-state index in [9.17, 15) is 0 Å². The minimum atomic E-state index is 0.317. The molecule has 8 nitrogen and oxygen atoms in total. The van der Waals surface area contributed by atoms with E-state index in [-0.39, 0.29) is 0 Å². The molecule has 0 aromatic carbocycles. The van der Waals surface area contributed by atoms with Gasteiger partial charge in [-0.1, -0.05) is 0 Å². The summed E-state index contributed by atoms with van der Waals surface area (Å²) >= 11 is 0. The smallest absolute Gasteiger partial charge is 0.222 e. The van der Waals surface area contributed by atoms with Crippen molar-refractivity contribution in [2.24, 2.45) is 0 Å². The minimum absolute atomic E-state index is 0.317. The lowest BCUT2D eigenvalue weighted by molar-refractivity contribution is 0.521. The average Bonchev–Trinajstić information content (AvgIpc) is 3.41. The zero-order valence-electron chi connectivity index (χ0n) is 13.9. The van der Waals surface area contributed by atoms with Gasteiger partial charge in [0.15, 0.2) is 11.5 Å². The molecule has 128 valence electrons. The molecular formula is C17H20N8. The molecular weight excluding hydrogens is 316 g/mol. The van der Waals surface area contributed by atoms with Gasteiger partial charge in [-0.25, -0.2) is 9.97 Å². The van der Waals surface area contributed by atoms with Crippen LogP contribution in [0.25, 0.3) is 5.65 Å². The van der Waals surface area contributed by atoms with E-state index < -0.39 is 0 Å². The molecule has 0 spiro atoms. The molecule has 1 saturated heterocycles. The fraction of sp³-hybridized carbons (Fsp3) is 0.471. The third-order valence-corrected chi connectivity index (χ3v) is 4.86. The van der Waals surface area contributed by atoms with Crippen LogP contribution in [-0.2, 0) is 0 Å². The topological polar surface area (TPSA) is 84.1 Å². The standard InChI is InChI=1S/C17H20N8/c1-3-13(20-17-18-8-2-9-19-17)11-24(10-1)15-7-6-14-21-22-16(12-4-5-12)25(14)23-15/h2,6-9,12-13H,1,3-5,10-11H2,(H,18,19,20). The molecule has 1 aliphatic carbocycles. The Hall–Kier alpha value is -2.77. The molecule has 25 heavy (non-hydrogen) atoms. The number of hydrogen-bond acceptors (Lipinski definition) is 7. The summed E-state index contributed by atoms with van der Waals surface area (Å²) in [6, 6.07) is 6.20. The van der Waals surface area contributed by atoms with Crippen molar-refractivity contribution < 1.29 is 0 Å². The summed E-state index contributed by atoms with van der Waals surface area (Å²) in [6.45, 7) is 1.89. The zero-order valence-corrected chi connectivity index (χ0v) is 13.9. The molecule has 0 radical (unpaired) electrons. The van der Waals surface area contributed by atoms with Gasteiger partial charge in [-0.15, -0.1) is 15.3 Å². The molecule has 1 atom stereocenters. The van der Waals surface area contributed by atoms with Crippen molar-refractivity contribution in [3.05, 3.63) is 36.4 Å². The van der Waals surface area contributed by atoms with E-state index >= 15 is 0 Å². The van der Waals surface area contributed by atoms with Crippen LogP contribution in [0.3, 0.4) is 0 Å². The Balaban J connectivity index is 1.37. The lowest BCUT2D eigenvalue weighted by Crippen LogP contribution is -2.43. The van der Waals surface area contributed by atoms with E-state index in [0.29, 0.717) is 17.9 Å². The monoisotopic (exact) mass is 336 g/mol. The average molecular weight is 336 g/mol. The highest BCUT2D eigenvalue weighted by Gasteiger charge is 2.30. The molecule has 0 amide bonds. The Morgan fingerprint density at radius 1 is 1.04 bits per heavy atom. The number of nitrogens with one attached hydrogen (secondary N) is 1. The summed E-state index contributed by atoms with van der Waals surface area (Å²) in [7, 11) is 0. The van der Waals surface area contributed by atoms with Crippen molar-refractivity contribution in [1.29, 1.82) is 0 Å². The van der Waals surface area contributed by atoms with E-state index in [2.05, 4.69) is 30.4 Å². The normalized spacial score (nSPS) is 20.8. The molecule has 2 fully saturated rings. The fourth-order valence-electron chi connectivity index (χ4n) is 3.42. The van der Waals surface area contributed by atoms with Crippen LogP contribution in [0.1, 0.15) is 37.4 Å².